The third-order valence-corrected chi connectivity index (χ3v) is 2.46. The van der Waals surface area contributed by atoms with Crippen LogP contribution in [-0.4, -0.2) is 6.67 Å². The van der Waals surface area contributed by atoms with Gasteiger partial charge in [-0.3, -0.25) is 4.39 Å². The number of halogens is 2. The summed E-state index contributed by atoms with van der Waals surface area (Å²) in [5.74, 6) is 0. The molecule has 0 atom stereocenters. The molecule has 0 aliphatic rings. The van der Waals surface area contributed by atoms with Crippen molar-refractivity contribution in [2.45, 2.75) is 13.0 Å². The quantitative estimate of drug-likeness (QED) is 0.850. The molecule has 0 aliphatic heterocycles. The summed E-state index contributed by atoms with van der Waals surface area (Å²) in [6, 6.07) is 5.75. The van der Waals surface area contributed by atoms with E-state index >= 15 is 0 Å². The third kappa shape index (κ3) is 2.29. The minimum atomic E-state index is -0.311. The van der Waals surface area contributed by atoms with Gasteiger partial charge in [0, 0.05) is 17.4 Å². The van der Waals surface area contributed by atoms with E-state index in [1.165, 1.54) is 0 Å². The highest BCUT2D eigenvalue weighted by Crippen LogP contribution is 2.18. The topological polar surface area (TPSA) is 26.0 Å². The van der Waals surface area contributed by atoms with Gasteiger partial charge in [0.1, 0.15) is 0 Å². The molecule has 0 amide bonds. The molecule has 0 heterocycles. The van der Waals surface area contributed by atoms with E-state index in [1.807, 2.05) is 18.2 Å². The molecule has 0 aliphatic carbocycles. The largest absolute Gasteiger partial charge is 0.326 e. The molecule has 0 radical (unpaired) electrons. The fourth-order valence-electron chi connectivity index (χ4n) is 1.02. The lowest BCUT2D eigenvalue weighted by Gasteiger charge is -2.03. The van der Waals surface area contributed by atoms with Gasteiger partial charge in [0.05, 0.1) is 6.67 Å². The van der Waals surface area contributed by atoms with E-state index in [9.17, 15) is 4.39 Å². The molecular formula is C9H11BrFN. The van der Waals surface area contributed by atoms with Crippen LogP contribution in [0.5, 0.6) is 0 Å². The maximum atomic E-state index is 12.0. The summed E-state index contributed by atoms with van der Waals surface area (Å²) in [7, 11) is 0. The molecule has 12 heavy (non-hydrogen) atoms. The monoisotopic (exact) mass is 231 g/mol. The van der Waals surface area contributed by atoms with Crippen molar-refractivity contribution < 1.29 is 4.39 Å². The average molecular weight is 232 g/mol. The number of hydrogen-bond donors (Lipinski definition) is 1. The number of aryl methyl sites for hydroxylation is 1. The zero-order valence-corrected chi connectivity index (χ0v) is 8.27. The molecule has 0 aromatic heterocycles. The van der Waals surface area contributed by atoms with Gasteiger partial charge in [-0.05, 0) is 17.2 Å². The smallest absolute Gasteiger partial charge is 0.0934 e. The highest BCUT2D eigenvalue weighted by molar-refractivity contribution is 9.10. The minimum absolute atomic E-state index is 0.311. The fraction of sp³-hybridized carbons (Fsp3) is 0.333. The normalized spacial score (nSPS) is 10.2. The molecule has 1 nitrogen and oxygen atoms in total. The third-order valence-electron chi connectivity index (χ3n) is 1.72. The second-order valence-corrected chi connectivity index (χ2v) is 3.42. The van der Waals surface area contributed by atoms with Crippen molar-refractivity contribution in [2.75, 3.05) is 6.67 Å². The maximum absolute atomic E-state index is 12.0. The molecule has 3 heteroatoms. The van der Waals surface area contributed by atoms with E-state index in [-0.39, 0.29) is 6.67 Å². The van der Waals surface area contributed by atoms with Crippen LogP contribution in [0.3, 0.4) is 0 Å². The van der Waals surface area contributed by atoms with Gasteiger partial charge in [-0.15, -0.1) is 0 Å². The first-order valence-electron chi connectivity index (χ1n) is 3.81. The predicted octanol–water partition coefficient (Wildman–Crippen LogP) is 2.42. The Kier molecular flexibility index (Phi) is 3.69. The van der Waals surface area contributed by atoms with Crippen molar-refractivity contribution in [3.8, 4) is 0 Å². The van der Waals surface area contributed by atoms with Crippen LogP contribution in [0.25, 0.3) is 0 Å². The maximum Gasteiger partial charge on any atom is 0.0934 e. The van der Waals surface area contributed by atoms with Crippen molar-refractivity contribution in [3.05, 3.63) is 33.8 Å². The van der Waals surface area contributed by atoms with Gasteiger partial charge in [-0.1, -0.05) is 28.1 Å². The van der Waals surface area contributed by atoms with E-state index in [2.05, 4.69) is 15.9 Å². The van der Waals surface area contributed by atoms with Crippen LogP contribution < -0.4 is 5.73 Å². The first kappa shape index (κ1) is 9.68. The summed E-state index contributed by atoms with van der Waals surface area (Å²) in [6.45, 7) is 0.199. The second kappa shape index (κ2) is 4.58. The van der Waals surface area contributed by atoms with Crippen LogP contribution in [0, 0.1) is 0 Å². The van der Waals surface area contributed by atoms with Crippen LogP contribution in [0.15, 0.2) is 22.7 Å². The number of nitrogens with two attached hydrogens (primary N) is 1. The molecule has 0 bridgehead atoms. The Morgan fingerprint density at radius 3 is 2.67 bits per heavy atom. The van der Waals surface area contributed by atoms with Crippen LogP contribution in [0.4, 0.5) is 4.39 Å². The van der Waals surface area contributed by atoms with Crippen molar-refractivity contribution >= 4 is 15.9 Å². The van der Waals surface area contributed by atoms with Gasteiger partial charge in [-0.25, -0.2) is 0 Å². The predicted molar refractivity (Wildman–Crippen MR) is 51.7 cm³/mol. The molecular weight excluding hydrogens is 221 g/mol. The second-order valence-electron chi connectivity index (χ2n) is 2.57. The Morgan fingerprint density at radius 2 is 2.17 bits per heavy atom. The molecule has 0 unspecified atom stereocenters. The standard InChI is InChI=1S/C9H11BrFN/c10-9-5-7(3-4-11)1-2-8(9)6-12/h1-2,5H,3-4,6,12H2. The summed E-state index contributed by atoms with van der Waals surface area (Å²) in [5, 5.41) is 0. The van der Waals surface area contributed by atoms with E-state index < -0.39 is 0 Å². The number of benzene rings is 1. The summed E-state index contributed by atoms with van der Waals surface area (Å²) in [5.41, 5.74) is 7.53. The van der Waals surface area contributed by atoms with E-state index in [0.29, 0.717) is 13.0 Å². The molecule has 1 rings (SSSR count). The van der Waals surface area contributed by atoms with Crippen LogP contribution in [0.2, 0.25) is 0 Å². The van der Waals surface area contributed by atoms with Crippen molar-refractivity contribution in [1.29, 1.82) is 0 Å². The molecule has 1 aromatic carbocycles. The molecule has 0 spiro atoms. The van der Waals surface area contributed by atoms with Gasteiger partial charge in [0.25, 0.3) is 0 Å². The zero-order chi connectivity index (χ0) is 8.97. The van der Waals surface area contributed by atoms with Gasteiger partial charge in [-0.2, -0.15) is 0 Å². The Bertz CT molecular complexity index is 263. The van der Waals surface area contributed by atoms with Crippen LogP contribution >= 0.6 is 15.9 Å². The average Bonchev–Trinajstić information content (AvgIpc) is 2.05. The lowest BCUT2D eigenvalue weighted by molar-refractivity contribution is 0.495. The van der Waals surface area contributed by atoms with E-state index in [4.69, 9.17) is 5.73 Å². The van der Waals surface area contributed by atoms with Gasteiger partial charge in [0.15, 0.2) is 0 Å². The Balaban J connectivity index is 2.86. The van der Waals surface area contributed by atoms with Gasteiger partial charge in [0.2, 0.25) is 0 Å². The van der Waals surface area contributed by atoms with Crippen molar-refractivity contribution in [3.63, 3.8) is 0 Å². The Labute approximate surface area is 79.9 Å². The number of rotatable bonds is 3. The van der Waals surface area contributed by atoms with Crippen LogP contribution in [-0.2, 0) is 13.0 Å². The molecule has 2 N–H and O–H groups in total. The summed E-state index contributed by atoms with van der Waals surface area (Å²) < 4.78 is 12.9. The fourth-order valence-corrected chi connectivity index (χ4v) is 1.61. The lowest BCUT2D eigenvalue weighted by Crippen LogP contribution is -1.98. The Morgan fingerprint density at radius 1 is 1.42 bits per heavy atom. The van der Waals surface area contributed by atoms with E-state index in [0.717, 1.165) is 15.6 Å². The number of alkyl halides is 1. The Hall–Kier alpha value is -0.410. The molecule has 0 saturated carbocycles. The highest BCUT2D eigenvalue weighted by atomic mass is 79.9. The SMILES string of the molecule is NCc1ccc(CCF)cc1Br. The first-order valence-corrected chi connectivity index (χ1v) is 4.60. The van der Waals surface area contributed by atoms with Crippen molar-refractivity contribution in [1.82, 2.24) is 0 Å². The van der Waals surface area contributed by atoms with Crippen molar-refractivity contribution in [2.24, 2.45) is 5.73 Å². The molecule has 0 saturated heterocycles. The minimum Gasteiger partial charge on any atom is -0.326 e. The lowest BCUT2D eigenvalue weighted by atomic mass is 10.1. The molecule has 0 fully saturated rings. The first-order chi connectivity index (χ1) is 5.77. The zero-order valence-electron chi connectivity index (χ0n) is 6.69. The highest BCUT2D eigenvalue weighted by Gasteiger charge is 1.99. The van der Waals surface area contributed by atoms with E-state index in [1.54, 1.807) is 0 Å². The van der Waals surface area contributed by atoms with Crippen LogP contribution in [0.1, 0.15) is 11.1 Å². The summed E-state index contributed by atoms with van der Waals surface area (Å²) in [6.07, 6.45) is 0.476. The number of hydrogen-bond acceptors (Lipinski definition) is 1. The molecule has 1 aromatic rings. The summed E-state index contributed by atoms with van der Waals surface area (Å²) in [4.78, 5) is 0. The summed E-state index contributed by atoms with van der Waals surface area (Å²) >= 11 is 3.37. The van der Waals surface area contributed by atoms with Gasteiger partial charge >= 0.3 is 0 Å². The van der Waals surface area contributed by atoms with Gasteiger partial charge < -0.3 is 5.73 Å². The molecule has 66 valence electrons.